The van der Waals surface area contributed by atoms with E-state index in [1.807, 2.05) is 11.9 Å². The number of urea groups is 1. The summed E-state index contributed by atoms with van der Waals surface area (Å²) in [6.07, 6.45) is 0.733. The minimum Gasteiger partial charge on any atom is -0.506 e. The van der Waals surface area contributed by atoms with Crippen LogP contribution in [0.1, 0.15) is 40.5 Å². The molecule has 0 aliphatic carbocycles. The number of aromatic amines is 1. The zero-order chi connectivity index (χ0) is 29.6. The summed E-state index contributed by atoms with van der Waals surface area (Å²) >= 11 is 18.5. The van der Waals surface area contributed by atoms with Crippen LogP contribution in [-0.4, -0.2) is 51.5 Å². The topological polar surface area (TPSA) is 96.9 Å². The molecular formula is C27H23Cl3F2N4O4S. The Kier molecular flexibility index (Phi) is 8.17. The highest BCUT2D eigenvalue weighted by Crippen LogP contribution is 2.42. The molecule has 3 amide bonds. The van der Waals surface area contributed by atoms with Crippen molar-refractivity contribution in [3.8, 4) is 5.75 Å². The molecule has 1 aromatic heterocycles. The number of H-pyrrole nitrogens is 1. The number of carbonyl (C=O) groups excluding carboxylic acids is 2. The Morgan fingerprint density at radius 3 is 2.39 bits per heavy atom. The maximum atomic E-state index is 14.0. The average Bonchev–Trinajstić information content (AvgIpc) is 3.32. The first kappa shape index (κ1) is 29.5. The van der Waals surface area contributed by atoms with Crippen LogP contribution in [0.15, 0.2) is 51.0 Å². The lowest BCUT2D eigenvalue weighted by atomic mass is 10.1. The van der Waals surface area contributed by atoms with Crippen molar-refractivity contribution in [2.45, 2.75) is 41.6 Å². The number of amides is 3. The van der Waals surface area contributed by atoms with E-state index in [0.717, 1.165) is 24.2 Å². The van der Waals surface area contributed by atoms with E-state index in [0.29, 0.717) is 36.4 Å². The van der Waals surface area contributed by atoms with Crippen molar-refractivity contribution < 1.29 is 23.5 Å². The molecule has 2 N–H and O–H groups in total. The molecule has 0 saturated carbocycles. The molecule has 0 bridgehead atoms. The van der Waals surface area contributed by atoms with Gasteiger partial charge in [0.2, 0.25) is 0 Å². The van der Waals surface area contributed by atoms with Crippen LogP contribution in [0.25, 0.3) is 0 Å². The number of aromatic hydroxyl groups is 1. The number of nitrogens with zero attached hydrogens (tertiary/aromatic N) is 3. The van der Waals surface area contributed by atoms with Crippen molar-refractivity contribution in [2.75, 3.05) is 24.5 Å². The van der Waals surface area contributed by atoms with E-state index in [1.54, 1.807) is 17.0 Å². The number of alkyl halides is 3. The van der Waals surface area contributed by atoms with Gasteiger partial charge in [-0.2, -0.15) is 8.78 Å². The molecule has 3 aromatic rings. The number of rotatable bonds is 6. The first-order chi connectivity index (χ1) is 19.4. The van der Waals surface area contributed by atoms with Crippen LogP contribution in [0.5, 0.6) is 5.75 Å². The number of hydrogen-bond acceptors (Lipinski definition) is 5. The van der Waals surface area contributed by atoms with Gasteiger partial charge in [-0.3, -0.25) is 14.5 Å². The summed E-state index contributed by atoms with van der Waals surface area (Å²) in [7, 11) is 0. The van der Waals surface area contributed by atoms with E-state index in [1.165, 1.54) is 28.0 Å². The molecule has 14 heteroatoms. The monoisotopic (exact) mass is 642 g/mol. The number of carbonyl (C=O) groups is 2. The van der Waals surface area contributed by atoms with Gasteiger partial charge in [0.1, 0.15) is 17.0 Å². The number of pyridine rings is 1. The fraction of sp³-hybridized carbons (Fsp3) is 0.296. The van der Waals surface area contributed by atoms with Crippen LogP contribution in [0, 0.1) is 0 Å². The third-order valence-electron chi connectivity index (χ3n) is 6.94. The number of hydrogen-bond donors (Lipinski definition) is 2. The molecule has 2 aliphatic heterocycles. The SMILES string of the molecule is CCN1CCCN(c2cc3c(cc2O)CN(C(=O)c2c(Sc4c(Cl)cccc4Cl)cc(C(F)(F)Cl)[nH]c2=O)C3)C1=O. The molecular weight excluding hydrogens is 621 g/mol. The van der Waals surface area contributed by atoms with Crippen molar-refractivity contribution in [3.63, 3.8) is 0 Å². The number of anilines is 1. The lowest BCUT2D eigenvalue weighted by Crippen LogP contribution is -2.49. The molecule has 0 unspecified atom stereocenters. The lowest BCUT2D eigenvalue weighted by molar-refractivity contribution is 0.0740. The van der Waals surface area contributed by atoms with Crippen LogP contribution in [0.4, 0.5) is 19.3 Å². The minimum atomic E-state index is -3.91. The fourth-order valence-corrected chi connectivity index (χ4v) is 6.64. The van der Waals surface area contributed by atoms with Gasteiger partial charge in [-0.25, -0.2) is 4.79 Å². The lowest BCUT2D eigenvalue weighted by Gasteiger charge is -2.35. The van der Waals surface area contributed by atoms with Crippen LogP contribution >= 0.6 is 46.6 Å². The van der Waals surface area contributed by atoms with E-state index in [-0.39, 0.29) is 44.7 Å². The number of nitrogens with one attached hydrogen (secondary N) is 1. The maximum Gasteiger partial charge on any atom is 0.362 e. The number of aromatic nitrogens is 1. The summed E-state index contributed by atoms with van der Waals surface area (Å²) in [4.78, 5) is 46.4. The molecule has 8 nitrogen and oxygen atoms in total. The largest absolute Gasteiger partial charge is 0.506 e. The molecule has 2 aliphatic rings. The second kappa shape index (κ2) is 11.4. The molecule has 1 saturated heterocycles. The molecule has 0 spiro atoms. The predicted octanol–water partition coefficient (Wildman–Crippen LogP) is 6.63. The quantitative estimate of drug-likeness (QED) is 0.294. The second-order valence-corrected chi connectivity index (χ2v) is 11.9. The molecule has 216 valence electrons. The Balaban J connectivity index is 1.50. The third-order valence-corrected chi connectivity index (χ3v) is 9.18. The molecule has 3 heterocycles. The Bertz CT molecular complexity index is 1590. The van der Waals surface area contributed by atoms with Crippen LogP contribution < -0.4 is 10.5 Å². The van der Waals surface area contributed by atoms with Gasteiger partial charge in [0.25, 0.3) is 11.5 Å². The van der Waals surface area contributed by atoms with Gasteiger partial charge in [0.05, 0.1) is 15.7 Å². The van der Waals surface area contributed by atoms with Crippen LogP contribution in [0.2, 0.25) is 10.0 Å². The Morgan fingerprint density at radius 2 is 1.76 bits per heavy atom. The van der Waals surface area contributed by atoms with Crippen molar-refractivity contribution in [1.82, 2.24) is 14.8 Å². The first-order valence-corrected chi connectivity index (χ1v) is 14.5. The number of phenolic OH excluding ortho intramolecular Hbond substituents is 1. The Hall–Kier alpha value is -2.99. The Labute approximate surface area is 252 Å². The number of fused-ring (bicyclic) bond motifs is 1. The molecule has 0 atom stereocenters. The summed E-state index contributed by atoms with van der Waals surface area (Å²) in [5.74, 6) is -0.842. The van der Waals surface area contributed by atoms with E-state index in [4.69, 9.17) is 34.8 Å². The van der Waals surface area contributed by atoms with Crippen molar-refractivity contribution in [2.24, 2.45) is 0 Å². The number of halogens is 5. The van der Waals surface area contributed by atoms with E-state index < -0.39 is 28.1 Å². The predicted molar refractivity (Wildman–Crippen MR) is 154 cm³/mol. The minimum absolute atomic E-state index is 0.0425. The summed E-state index contributed by atoms with van der Waals surface area (Å²) in [6, 6.07) is 8.54. The summed E-state index contributed by atoms with van der Waals surface area (Å²) < 4.78 is 28.0. The third kappa shape index (κ3) is 5.73. The van der Waals surface area contributed by atoms with Gasteiger partial charge < -0.3 is 19.9 Å². The van der Waals surface area contributed by atoms with Crippen molar-refractivity contribution in [1.29, 1.82) is 0 Å². The average molecular weight is 644 g/mol. The standard InChI is InChI=1S/C27H23Cl3F2N4O4S/c1-2-34-7-4-8-36(26(34)40)18-9-14-12-35(13-15(14)10-19(18)37)25(39)22-20(11-21(27(30,31)32)33-24(22)38)41-23-16(28)5-3-6-17(23)29/h3,5-6,9-11,37H,2,4,7-8,12-13H2,1H3,(H,33,38). The summed E-state index contributed by atoms with van der Waals surface area (Å²) in [5.41, 5.74) is -0.707. The molecule has 0 radical (unpaired) electrons. The highest BCUT2D eigenvalue weighted by Gasteiger charge is 2.35. The van der Waals surface area contributed by atoms with Crippen LogP contribution in [-0.2, 0) is 18.5 Å². The second-order valence-electron chi connectivity index (χ2n) is 9.54. The van der Waals surface area contributed by atoms with E-state index >= 15 is 0 Å². The Morgan fingerprint density at radius 1 is 1.10 bits per heavy atom. The van der Waals surface area contributed by atoms with Gasteiger partial charge in [-0.05, 0) is 66.4 Å². The van der Waals surface area contributed by atoms with Gasteiger partial charge in [0, 0.05) is 42.5 Å². The number of phenols is 1. The normalized spacial score (nSPS) is 15.5. The molecule has 1 fully saturated rings. The molecule has 2 aromatic carbocycles. The molecule has 5 rings (SSSR count). The summed E-state index contributed by atoms with van der Waals surface area (Å²) in [6.45, 7) is 3.57. The van der Waals surface area contributed by atoms with Crippen LogP contribution in [0.3, 0.4) is 0 Å². The summed E-state index contributed by atoms with van der Waals surface area (Å²) in [5, 5.41) is 7.27. The number of benzene rings is 2. The zero-order valence-electron chi connectivity index (χ0n) is 21.5. The van der Waals surface area contributed by atoms with Gasteiger partial charge in [0.15, 0.2) is 0 Å². The smallest absolute Gasteiger partial charge is 0.362 e. The fourth-order valence-electron chi connectivity index (χ4n) is 4.90. The first-order valence-electron chi connectivity index (χ1n) is 12.6. The van der Waals surface area contributed by atoms with Crippen molar-refractivity contribution >= 4 is 64.2 Å². The van der Waals surface area contributed by atoms with Gasteiger partial charge >= 0.3 is 11.4 Å². The van der Waals surface area contributed by atoms with Gasteiger partial charge in [-0.1, -0.05) is 41.0 Å². The molecule has 41 heavy (non-hydrogen) atoms. The van der Waals surface area contributed by atoms with E-state index in [9.17, 15) is 28.3 Å². The van der Waals surface area contributed by atoms with E-state index in [2.05, 4.69) is 0 Å². The maximum absolute atomic E-state index is 14.0. The highest BCUT2D eigenvalue weighted by atomic mass is 35.5. The highest BCUT2D eigenvalue weighted by molar-refractivity contribution is 7.99. The van der Waals surface area contributed by atoms with Crippen molar-refractivity contribution in [3.05, 3.63) is 79.2 Å². The van der Waals surface area contributed by atoms with Gasteiger partial charge in [-0.15, -0.1) is 0 Å². The zero-order valence-corrected chi connectivity index (χ0v) is 24.6.